The molecule has 2 aromatic carbocycles. The smallest absolute Gasteiger partial charge is 0.346 e. The van der Waals surface area contributed by atoms with E-state index in [1.165, 1.54) is 11.0 Å². The van der Waals surface area contributed by atoms with Crippen LogP contribution in [0.4, 0.5) is 0 Å². The Balaban J connectivity index is 1.42. The molecule has 1 N–H and O–H groups in total. The predicted octanol–water partition coefficient (Wildman–Crippen LogP) is 3.47. The largest absolute Gasteiger partial charge is 0.504 e. The normalized spacial score (nSPS) is 20.2. The molecule has 1 unspecified atom stereocenters. The van der Waals surface area contributed by atoms with E-state index in [1.807, 2.05) is 9.34 Å². The molecular formula is C22H26N3O6P. The summed E-state index contributed by atoms with van der Waals surface area (Å²) >= 11 is 0. The highest BCUT2D eigenvalue weighted by atomic mass is 31.2. The van der Waals surface area contributed by atoms with E-state index in [2.05, 4.69) is 0 Å². The van der Waals surface area contributed by atoms with Crippen molar-refractivity contribution in [2.24, 2.45) is 0 Å². The van der Waals surface area contributed by atoms with Crippen molar-refractivity contribution in [1.29, 1.82) is 0 Å². The molecule has 2 fully saturated rings. The first-order chi connectivity index (χ1) is 15.3. The van der Waals surface area contributed by atoms with Crippen LogP contribution in [-0.2, 0) is 9.09 Å². The first-order valence-corrected chi connectivity index (χ1v) is 12.2. The zero-order valence-corrected chi connectivity index (χ0v) is 19.0. The zero-order chi connectivity index (χ0) is 22.5. The van der Waals surface area contributed by atoms with Crippen molar-refractivity contribution >= 4 is 13.6 Å². The van der Waals surface area contributed by atoms with E-state index in [9.17, 15) is 14.5 Å². The minimum absolute atomic E-state index is 0.0891. The maximum Gasteiger partial charge on any atom is 0.346 e. The fraction of sp³-hybridized carbons (Fsp3) is 0.409. The molecule has 32 heavy (non-hydrogen) atoms. The fourth-order valence-electron chi connectivity index (χ4n) is 3.71. The molecule has 0 saturated carbocycles. The molecule has 1 atom stereocenters. The Morgan fingerprint density at radius 3 is 2.53 bits per heavy atom. The van der Waals surface area contributed by atoms with Crippen molar-refractivity contribution in [2.75, 3.05) is 46.9 Å². The van der Waals surface area contributed by atoms with Crippen LogP contribution in [0.15, 0.2) is 36.4 Å². The number of fused-ring (bicyclic) bond motifs is 1. The minimum atomic E-state index is -3.02. The van der Waals surface area contributed by atoms with Gasteiger partial charge in [0.1, 0.15) is 11.5 Å². The van der Waals surface area contributed by atoms with Crippen molar-refractivity contribution in [3.05, 3.63) is 47.5 Å². The SMILES string of the molecule is CN(C)C(=O)c1cccc(Oc2cc3c(cc2O)OCCC3OP(=O)(N2CC2)N2CC2)c1. The molecule has 9 nitrogen and oxygen atoms in total. The molecule has 0 bridgehead atoms. The van der Waals surface area contributed by atoms with Gasteiger partial charge in [-0.1, -0.05) is 6.07 Å². The Bertz CT molecular complexity index is 1080. The van der Waals surface area contributed by atoms with E-state index >= 15 is 0 Å². The number of nitrogens with zero attached hydrogens (tertiary/aromatic N) is 3. The summed E-state index contributed by atoms with van der Waals surface area (Å²) < 4.78 is 35.1. The Kier molecular flexibility index (Phi) is 5.37. The van der Waals surface area contributed by atoms with Gasteiger partial charge in [-0.15, -0.1) is 0 Å². The lowest BCUT2D eigenvalue weighted by atomic mass is 10.0. The molecule has 3 aliphatic heterocycles. The molecule has 1 amide bonds. The maximum absolute atomic E-state index is 13.5. The van der Waals surface area contributed by atoms with Crippen molar-refractivity contribution in [1.82, 2.24) is 14.2 Å². The molecule has 10 heteroatoms. The van der Waals surface area contributed by atoms with Crippen LogP contribution < -0.4 is 9.47 Å². The van der Waals surface area contributed by atoms with Gasteiger partial charge in [-0.25, -0.2) is 9.34 Å². The van der Waals surface area contributed by atoms with E-state index in [4.69, 9.17) is 14.0 Å². The second-order valence-electron chi connectivity index (χ2n) is 8.32. The first kappa shape index (κ1) is 21.3. The number of ether oxygens (including phenoxy) is 2. The summed E-state index contributed by atoms with van der Waals surface area (Å²) in [6.45, 7) is 3.50. The first-order valence-electron chi connectivity index (χ1n) is 10.6. The van der Waals surface area contributed by atoms with Crippen LogP contribution in [0.1, 0.15) is 28.4 Å². The van der Waals surface area contributed by atoms with Gasteiger partial charge in [0.2, 0.25) is 0 Å². The minimum Gasteiger partial charge on any atom is -0.504 e. The van der Waals surface area contributed by atoms with Gasteiger partial charge < -0.3 is 19.5 Å². The van der Waals surface area contributed by atoms with Gasteiger partial charge in [-0.2, -0.15) is 0 Å². The van der Waals surface area contributed by atoms with Crippen molar-refractivity contribution in [3.63, 3.8) is 0 Å². The number of hydrogen-bond acceptors (Lipinski definition) is 6. The number of benzene rings is 2. The van der Waals surface area contributed by atoms with E-state index in [0.717, 1.165) is 26.2 Å². The topological polar surface area (TPSA) is 91.3 Å². The average molecular weight is 459 g/mol. The summed E-state index contributed by atoms with van der Waals surface area (Å²) in [6.07, 6.45) is 0.116. The number of aromatic hydroxyl groups is 1. The summed E-state index contributed by atoms with van der Waals surface area (Å²) in [7, 11) is 0.342. The molecule has 0 spiro atoms. The maximum atomic E-state index is 13.5. The summed E-state index contributed by atoms with van der Waals surface area (Å²) in [4.78, 5) is 13.7. The van der Waals surface area contributed by atoms with Crippen molar-refractivity contribution < 1.29 is 28.5 Å². The van der Waals surface area contributed by atoms with E-state index in [0.29, 0.717) is 35.7 Å². The molecule has 2 saturated heterocycles. The molecule has 0 aromatic heterocycles. The number of carbonyl (C=O) groups excluding carboxylic acids is 1. The van der Waals surface area contributed by atoms with Gasteiger partial charge in [0, 0.05) is 63.9 Å². The van der Waals surface area contributed by atoms with Crippen LogP contribution in [0.25, 0.3) is 0 Å². The van der Waals surface area contributed by atoms with Gasteiger partial charge >= 0.3 is 7.67 Å². The number of carbonyl (C=O) groups is 1. The fourth-order valence-corrected chi connectivity index (χ4v) is 6.08. The number of phenols is 1. The number of phenolic OH excluding ortho intramolecular Hbond substituents is 1. The molecule has 170 valence electrons. The Labute approximate surface area is 186 Å². The Morgan fingerprint density at radius 2 is 1.88 bits per heavy atom. The van der Waals surface area contributed by atoms with Crippen LogP contribution in [-0.4, -0.2) is 72.1 Å². The van der Waals surface area contributed by atoms with E-state index < -0.39 is 13.8 Å². The molecule has 3 aliphatic rings. The lowest BCUT2D eigenvalue weighted by molar-refractivity contribution is 0.0827. The molecule has 5 rings (SSSR count). The summed E-state index contributed by atoms with van der Waals surface area (Å²) in [5.74, 6) is 0.888. The standard InChI is InChI=1S/C22H26N3O6P/c1-23(2)22(27)15-4-3-5-16(12-15)30-21-13-17-19(6-11-29-20(17)14-18(21)26)31-32(28,24-7-8-24)25-9-10-25/h3-5,12-14,19,26H,6-11H2,1-2H3. The predicted molar refractivity (Wildman–Crippen MR) is 117 cm³/mol. The Hall–Kier alpha value is -2.58. The monoisotopic (exact) mass is 459 g/mol. The third-order valence-electron chi connectivity index (χ3n) is 5.62. The zero-order valence-electron chi connectivity index (χ0n) is 18.1. The van der Waals surface area contributed by atoms with Gasteiger partial charge in [0.25, 0.3) is 5.91 Å². The second-order valence-corrected chi connectivity index (χ2v) is 10.6. The number of hydrogen-bond donors (Lipinski definition) is 1. The van der Waals surface area contributed by atoms with E-state index in [-0.39, 0.29) is 17.4 Å². The third-order valence-corrected chi connectivity index (χ3v) is 8.38. The van der Waals surface area contributed by atoms with Crippen LogP contribution in [0, 0.1) is 0 Å². The molecule has 0 aliphatic carbocycles. The van der Waals surface area contributed by atoms with Crippen molar-refractivity contribution in [3.8, 4) is 23.0 Å². The highest BCUT2D eigenvalue weighted by molar-refractivity contribution is 7.54. The summed E-state index contributed by atoms with van der Waals surface area (Å²) in [5, 5.41) is 10.5. The van der Waals surface area contributed by atoms with Crippen LogP contribution in [0.5, 0.6) is 23.0 Å². The van der Waals surface area contributed by atoms with E-state index in [1.54, 1.807) is 44.4 Å². The van der Waals surface area contributed by atoms with Gasteiger partial charge in [-0.05, 0) is 24.3 Å². The summed E-state index contributed by atoms with van der Waals surface area (Å²) in [5.41, 5.74) is 1.17. The molecular weight excluding hydrogens is 433 g/mol. The Morgan fingerprint density at radius 1 is 1.16 bits per heavy atom. The lowest BCUT2D eigenvalue weighted by Crippen LogP contribution is -2.21. The third kappa shape index (κ3) is 4.09. The molecule has 2 aromatic rings. The van der Waals surface area contributed by atoms with Crippen LogP contribution in [0.2, 0.25) is 0 Å². The highest BCUT2D eigenvalue weighted by Crippen LogP contribution is 2.64. The lowest BCUT2D eigenvalue weighted by Gasteiger charge is -2.30. The average Bonchev–Trinajstić information content (AvgIpc) is 3.66. The molecule has 0 radical (unpaired) electrons. The highest BCUT2D eigenvalue weighted by Gasteiger charge is 2.51. The van der Waals surface area contributed by atoms with Gasteiger partial charge in [0.05, 0.1) is 12.7 Å². The number of rotatable bonds is 7. The van der Waals surface area contributed by atoms with Crippen molar-refractivity contribution in [2.45, 2.75) is 12.5 Å². The van der Waals surface area contributed by atoms with Crippen LogP contribution >= 0.6 is 7.67 Å². The van der Waals surface area contributed by atoms with Gasteiger partial charge in [-0.3, -0.25) is 13.9 Å². The molecule has 3 heterocycles. The van der Waals surface area contributed by atoms with Crippen LogP contribution in [0.3, 0.4) is 0 Å². The quantitative estimate of drug-likeness (QED) is 0.497. The number of amides is 1. The van der Waals surface area contributed by atoms with Gasteiger partial charge in [0.15, 0.2) is 11.5 Å². The summed E-state index contributed by atoms with van der Waals surface area (Å²) in [6, 6.07) is 9.93. The second kappa shape index (κ2) is 8.08.